The number of carboxylic acids is 1. The van der Waals surface area contributed by atoms with Crippen LogP contribution in [-0.4, -0.2) is 23.4 Å². The van der Waals surface area contributed by atoms with Crippen molar-refractivity contribution >= 4 is 17.7 Å². The van der Waals surface area contributed by atoms with Gasteiger partial charge in [-0.1, -0.05) is 42.5 Å². The first-order valence-corrected chi connectivity index (χ1v) is 7.91. The Balaban J connectivity index is 1.75. The number of carboxylic acid groups (broad SMARTS) is 1. The van der Waals surface area contributed by atoms with E-state index in [9.17, 15) is 4.79 Å². The maximum Gasteiger partial charge on any atom is 0.313 e. The maximum atomic E-state index is 10.6. The highest BCUT2D eigenvalue weighted by Gasteiger charge is 2.01. The first-order chi connectivity index (χ1) is 10.2. The Kier molecular flexibility index (Phi) is 6.31. The molecule has 0 bridgehead atoms. The van der Waals surface area contributed by atoms with Crippen molar-refractivity contribution in [3.63, 3.8) is 0 Å². The number of carbonyl (C=O) groups is 1. The Morgan fingerprint density at radius 2 is 1.81 bits per heavy atom. The van der Waals surface area contributed by atoms with Crippen LogP contribution in [0.4, 0.5) is 0 Å². The molecule has 0 fully saturated rings. The molecule has 2 N–H and O–H groups in total. The van der Waals surface area contributed by atoms with Gasteiger partial charge in [0.25, 0.3) is 0 Å². The van der Waals surface area contributed by atoms with Crippen LogP contribution in [0.15, 0.2) is 59.5 Å². The molecular formula is C17H19NO2S. The molecule has 0 heterocycles. The lowest BCUT2D eigenvalue weighted by Crippen LogP contribution is -2.16. The normalized spacial score (nSPS) is 10.5. The molecule has 0 aliphatic heterocycles. The molecule has 2 aromatic rings. The van der Waals surface area contributed by atoms with Crippen LogP contribution in [0, 0.1) is 0 Å². The van der Waals surface area contributed by atoms with Crippen LogP contribution in [0.25, 0.3) is 0 Å². The highest BCUT2D eigenvalue weighted by atomic mass is 32.2. The second-order valence-corrected chi connectivity index (χ2v) is 5.79. The first-order valence-electron chi connectivity index (χ1n) is 6.92. The van der Waals surface area contributed by atoms with E-state index in [2.05, 4.69) is 29.6 Å². The number of hydrogen-bond acceptors (Lipinski definition) is 3. The molecule has 0 aliphatic carbocycles. The fraction of sp³-hybridized carbons (Fsp3) is 0.235. The second-order valence-electron chi connectivity index (χ2n) is 4.74. The van der Waals surface area contributed by atoms with Gasteiger partial charge in [0.05, 0.1) is 5.75 Å². The third-order valence-electron chi connectivity index (χ3n) is 3.02. The van der Waals surface area contributed by atoms with Crippen molar-refractivity contribution in [2.75, 3.05) is 12.3 Å². The van der Waals surface area contributed by atoms with Crippen LogP contribution < -0.4 is 5.32 Å². The summed E-state index contributed by atoms with van der Waals surface area (Å²) in [6.45, 7) is 1.77. The smallest absolute Gasteiger partial charge is 0.313 e. The van der Waals surface area contributed by atoms with Crippen molar-refractivity contribution in [3.05, 3.63) is 65.7 Å². The van der Waals surface area contributed by atoms with E-state index in [1.54, 1.807) is 0 Å². The third-order valence-corrected chi connectivity index (χ3v) is 4.00. The monoisotopic (exact) mass is 301 g/mol. The number of benzene rings is 2. The molecule has 2 rings (SSSR count). The molecule has 0 spiro atoms. The van der Waals surface area contributed by atoms with E-state index in [-0.39, 0.29) is 5.75 Å². The summed E-state index contributed by atoms with van der Waals surface area (Å²) in [7, 11) is 0. The van der Waals surface area contributed by atoms with Gasteiger partial charge in [0.1, 0.15) is 0 Å². The molecule has 0 atom stereocenters. The Morgan fingerprint density at radius 3 is 2.57 bits per heavy atom. The molecule has 0 radical (unpaired) electrons. The summed E-state index contributed by atoms with van der Waals surface area (Å²) in [6.07, 6.45) is 0.939. The minimum Gasteiger partial charge on any atom is -0.481 e. The van der Waals surface area contributed by atoms with Gasteiger partial charge in [-0.25, -0.2) is 0 Å². The van der Waals surface area contributed by atoms with Crippen LogP contribution in [0.2, 0.25) is 0 Å². The number of thioether (sulfide) groups is 1. The van der Waals surface area contributed by atoms with Crippen LogP contribution in [0.5, 0.6) is 0 Å². The summed E-state index contributed by atoms with van der Waals surface area (Å²) in [5.41, 5.74) is 2.51. The third kappa shape index (κ3) is 6.02. The standard InChI is InChI=1S/C17H19NO2S/c19-17(20)13-21-16-8-4-7-14(11-16)9-10-18-12-15-5-2-1-3-6-15/h1-8,11,18H,9-10,12-13H2,(H,19,20). The number of hydrogen-bond donors (Lipinski definition) is 2. The van der Waals surface area contributed by atoms with Crippen LogP contribution in [-0.2, 0) is 17.8 Å². The highest BCUT2D eigenvalue weighted by molar-refractivity contribution is 8.00. The van der Waals surface area contributed by atoms with Gasteiger partial charge in [-0.3, -0.25) is 4.79 Å². The van der Waals surface area contributed by atoms with Crippen molar-refractivity contribution in [3.8, 4) is 0 Å². The fourth-order valence-electron chi connectivity index (χ4n) is 2.00. The molecule has 0 amide bonds. The van der Waals surface area contributed by atoms with E-state index in [0.717, 1.165) is 24.4 Å². The molecule has 0 aromatic heterocycles. The molecule has 2 aromatic carbocycles. The lowest BCUT2D eigenvalue weighted by atomic mass is 10.1. The number of aliphatic carboxylic acids is 1. The first kappa shape index (κ1) is 15.6. The summed E-state index contributed by atoms with van der Waals surface area (Å²) in [5.74, 6) is -0.676. The largest absolute Gasteiger partial charge is 0.481 e. The molecule has 4 heteroatoms. The lowest BCUT2D eigenvalue weighted by molar-refractivity contribution is -0.133. The van der Waals surface area contributed by atoms with Crippen LogP contribution in [0.3, 0.4) is 0 Å². The van der Waals surface area contributed by atoms with Gasteiger partial charge in [0.15, 0.2) is 0 Å². The Hall–Kier alpha value is -1.78. The highest BCUT2D eigenvalue weighted by Crippen LogP contribution is 2.19. The second kappa shape index (κ2) is 8.49. The summed E-state index contributed by atoms with van der Waals surface area (Å²) in [6, 6.07) is 18.4. The average Bonchev–Trinajstić information content (AvgIpc) is 2.51. The quantitative estimate of drug-likeness (QED) is 0.581. The summed E-state index contributed by atoms with van der Waals surface area (Å²) in [4.78, 5) is 11.6. The van der Waals surface area contributed by atoms with Gasteiger partial charge in [0, 0.05) is 11.4 Å². The van der Waals surface area contributed by atoms with Crippen molar-refractivity contribution in [1.29, 1.82) is 0 Å². The zero-order chi connectivity index (χ0) is 14.9. The van der Waals surface area contributed by atoms with E-state index < -0.39 is 5.97 Å². The number of nitrogens with one attached hydrogen (secondary N) is 1. The van der Waals surface area contributed by atoms with E-state index in [1.807, 2.05) is 30.3 Å². The SMILES string of the molecule is O=C(O)CSc1cccc(CCNCc2ccccc2)c1. The molecule has 0 saturated carbocycles. The lowest BCUT2D eigenvalue weighted by Gasteiger charge is -2.06. The molecule has 0 unspecified atom stereocenters. The van der Waals surface area contributed by atoms with E-state index in [0.29, 0.717) is 0 Å². The van der Waals surface area contributed by atoms with Gasteiger partial charge in [0.2, 0.25) is 0 Å². The zero-order valence-corrected chi connectivity index (χ0v) is 12.6. The Labute approximate surface area is 129 Å². The number of rotatable bonds is 8. The molecule has 21 heavy (non-hydrogen) atoms. The van der Waals surface area contributed by atoms with Crippen molar-refractivity contribution < 1.29 is 9.90 Å². The Bertz CT molecular complexity index is 572. The molecular weight excluding hydrogens is 282 g/mol. The van der Waals surface area contributed by atoms with Gasteiger partial charge in [-0.2, -0.15) is 0 Å². The molecule has 3 nitrogen and oxygen atoms in total. The topological polar surface area (TPSA) is 49.3 Å². The minimum atomic E-state index is -0.782. The minimum absolute atomic E-state index is 0.107. The van der Waals surface area contributed by atoms with Crippen molar-refractivity contribution in [2.24, 2.45) is 0 Å². The van der Waals surface area contributed by atoms with Gasteiger partial charge >= 0.3 is 5.97 Å². The molecule has 0 saturated heterocycles. The van der Waals surface area contributed by atoms with Crippen LogP contribution >= 0.6 is 11.8 Å². The Morgan fingerprint density at radius 1 is 1.05 bits per heavy atom. The summed E-state index contributed by atoms with van der Waals surface area (Å²) >= 11 is 1.36. The predicted molar refractivity (Wildman–Crippen MR) is 86.7 cm³/mol. The fourth-order valence-corrected chi connectivity index (χ4v) is 2.70. The van der Waals surface area contributed by atoms with Gasteiger partial charge in [-0.15, -0.1) is 11.8 Å². The zero-order valence-electron chi connectivity index (χ0n) is 11.8. The van der Waals surface area contributed by atoms with Crippen molar-refractivity contribution in [2.45, 2.75) is 17.9 Å². The predicted octanol–water partition coefficient (Wildman–Crippen LogP) is 3.20. The molecule has 110 valence electrons. The van der Waals surface area contributed by atoms with Crippen LogP contribution in [0.1, 0.15) is 11.1 Å². The van der Waals surface area contributed by atoms with Crippen molar-refractivity contribution in [1.82, 2.24) is 5.32 Å². The van der Waals surface area contributed by atoms with E-state index in [1.165, 1.54) is 22.9 Å². The van der Waals surface area contributed by atoms with E-state index >= 15 is 0 Å². The van der Waals surface area contributed by atoms with E-state index in [4.69, 9.17) is 5.11 Å². The maximum absolute atomic E-state index is 10.6. The average molecular weight is 301 g/mol. The van der Waals surface area contributed by atoms with Gasteiger partial charge < -0.3 is 10.4 Å². The summed E-state index contributed by atoms with van der Waals surface area (Å²) in [5, 5.41) is 12.1. The molecule has 0 aliphatic rings. The van der Waals surface area contributed by atoms with Gasteiger partial charge in [-0.05, 0) is 36.2 Å². The summed E-state index contributed by atoms with van der Waals surface area (Å²) < 4.78 is 0.